The van der Waals surface area contributed by atoms with Crippen molar-refractivity contribution in [3.63, 3.8) is 0 Å². The molecule has 1 aromatic heterocycles. The average molecular weight is 566 g/mol. The van der Waals surface area contributed by atoms with Crippen LogP contribution in [0.3, 0.4) is 0 Å². The van der Waals surface area contributed by atoms with Crippen molar-refractivity contribution in [1.82, 2.24) is 15.2 Å². The van der Waals surface area contributed by atoms with Gasteiger partial charge in [-0.25, -0.2) is 26.6 Å². The summed E-state index contributed by atoms with van der Waals surface area (Å²) in [5.41, 5.74) is 1.08. The van der Waals surface area contributed by atoms with Crippen LogP contribution >= 0.6 is 0 Å². The predicted octanol–water partition coefficient (Wildman–Crippen LogP) is 1.57. The quantitative estimate of drug-likeness (QED) is 0.360. The molecule has 1 atom stereocenters. The molecule has 38 heavy (non-hydrogen) atoms. The summed E-state index contributed by atoms with van der Waals surface area (Å²) in [6.07, 6.45) is -0.235. The van der Waals surface area contributed by atoms with Gasteiger partial charge in [0.1, 0.15) is 21.4 Å². The van der Waals surface area contributed by atoms with Gasteiger partial charge in [-0.1, -0.05) is 42.5 Å². The van der Waals surface area contributed by atoms with E-state index in [2.05, 4.69) is 15.0 Å². The van der Waals surface area contributed by atoms with Crippen molar-refractivity contribution in [2.24, 2.45) is 0 Å². The van der Waals surface area contributed by atoms with Gasteiger partial charge in [0.25, 0.3) is 11.8 Å². The zero-order chi connectivity index (χ0) is 27.9. The Balaban J connectivity index is 1.93. The Morgan fingerprint density at radius 3 is 2.32 bits per heavy atom. The van der Waals surface area contributed by atoms with E-state index in [1.165, 1.54) is 0 Å². The van der Waals surface area contributed by atoms with Crippen LogP contribution in [0.2, 0.25) is 0 Å². The lowest BCUT2D eigenvalue weighted by Crippen LogP contribution is -2.54. The summed E-state index contributed by atoms with van der Waals surface area (Å²) < 4.78 is 59.2. The first-order chi connectivity index (χ1) is 17.9. The number of sulfone groups is 2. The van der Waals surface area contributed by atoms with Crippen LogP contribution in [-0.2, 0) is 35.0 Å². The number of para-hydroxylation sites is 2. The molecule has 3 rings (SSSR count). The highest BCUT2D eigenvalue weighted by molar-refractivity contribution is 7.90. The number of nitrogens with one attached hydrogen (secondary N) is 1. The molecule has 2 aromatic carbocycles. The number of carbonyl (C=O) groups is 3. The zero-order valence-electron chi connectivity index (χ0n) is 20.7. The Kier molecular flexibility index (Phi) is 9.22. The van der Waals surface area contributed by atoms with E-state index in [-0.39, 0.29) is 17.8 Å². The van der Waals surface area contributed by atoms with Gasteiger partial charge in [0.15, 0.2) is 15.4 Å². The first kappa shape index (κ1) is 28.8. The van der Waals surface area contributed by atoms with Gasteiger partial charge in [-0.05, 0) is 24.1 Å². The average Bonchev–Trinajstić information content (AvgIpc) is 3.29. The van der Waals surface area contributed by atoms with Crippen LogP contribution in [0.15, 0.2) is 59.0 Å². The molecule has 14 heteroatoms. The number of benzene rings is 2. The van der Waals surface area contributed by atoms with Gasteiger partial charge in [-0.15, -0.1) is 0 Å². The predicted molar refractivity (Wildman–Crippen MR) is 138 cm³/mol. The fraction of sp³-hybridized carbons (Fsp3) is 0.333. The molecule has 0 aliphatic rings. The lowest BCUT2D eigenvalue weighted by molar-refractivity contribution is -0.130. The number of carbonyl (C=O) groups excluding carboxylic acids is 3. The third kappa shape index (κ3) is 8.11. The molecule has 0 saturated carbocycles. The molecule has 204 valence electrons. The number of oxazole rings is 1. The largest absolute Gasteiger partial charge is 0.453 e. The van der Waals surface area contributed by atoms with E-state index >= 15 is 0 Å². The van der Waals surface area contributed by atoms with Crippen molar-refractivity contribution in [2.45, 2.75) is 18.2 Å². The first-order valence-electron chi connectivity index (χ1n) is 11.4. The number of fused-ring (bicyclic) bond motifs is 1. The molecular formula is C24H27N3O9S2. The maximum absolute atomic E-state index is 13.6. The number of aromatic nitrogens is 1. The Bertz CT molecular complexity index is 1480. The number of methoxy groups -OCH3 is 1. The SMILES string of the molecule is COC(=O)NC(CS(=O)(=O)Cc1ccccc1)C(=O)N(CCCS(C)(=O)=O)C(=O)c1nc2ccccc2o1. The summed E-state index contributed by atoms with van der Waals surface area (Å²) in [7, 11) is -6.39. The van der Waals surface area contributed by atoms with Gasteiger partial charge in [-0.2, -0.15) is 0 Å². The van der Waals surface area contributed by atoms with Gasteiger partial charge in [-0.3, -0.25) is 14.5 Å². The topological polar surface area (TPSA) is 170 Å². The van der Waals surface area contributed by atoms with Crippen LogP contribution in [0, 0.1) is 0 Å². The second-order valence-electron chi connectivity index (χ2n) is 8.49. The minimum absolute atomic E-state index is 0.141. The van der Waals surface area contributed by atoms with Crippen LogP contribution in [0.4, 0.5) is 4.79 Å². The second-order valence-corrected chi connectivity index (χ2v) is 12.9. The third-order valence-electron chi connectivity index (χ3n) is 5.31. The van der Waals surface area contributed by atoms with E-state index < -0.39 is 67.6 Å². The van der Waals surface area contributed by atoms with Gasteiger partial charge < -0.3 is 14.5 Å². The molecular weight excluding hydrogens is 538 g/mol. The molecule has 0 bridgehead atoms. The maximum atomic E-state index is 13.6. The smallest absolute Gasteiger partial charge is 0.407 e. The summed E-state index contributed by atoms with van der Waals surface area (Å²) in [6.45, 7) is -0.401. The molecule has 1 unspecified atom stereocenters. The Hall–Kier alpha value is -3.78. The number of nitrogens with zero attached hydrogens (tertiary/aromatic N) is 2. The summed E-state index contributed by atoms with van der Waals surface area (Å²) >= 11 is 0. The monoisotopic (exact) mass is 565 g/mol. The number of imide groups is 1. The number of hydrogen-bond acceptors (Lipinski definition) is 10. The minimum atomic E-state index is -3.98. The molecule has 3 aromatic rings. The molecule has 1 heterocycles. The van der Waals surface area contributed by atoms with E-state index in [4.69, 9.17) is 4.42 Å². The normalized spacial score (nSPS) is 12.6. The van der Waals surface area contributed by atoms with E-state index in [0.29, 0.717) is 16.0 Å². The molecule has 0 saturated heterocycles. The molecule has 0 aliphatic carbocycles. The third-order valence-corrected chi connectivity index (χ3v) is 7.96. The maximum Gasteiger partial charge on any atom is 0.407 e. The van der Waals surface area contributed by atoms with Gasteiger partial charge >= 0.3 is 12.0 Å². The zero-order valence-corrected chi connectivity index (χ0v) is 22.3. The first-order valence-corrected chi connectivity index (χ1v) is 15.2. The van der Waals surface area contributed by atoms with Gasteiger partial charge in [0, 0.05) is 12.8 Å². The minimum Gasteiger partial charge on any atom is -0.453 e. The molecule has 0 fully saturated rings. The number of ether oxygens (including phenoxy) is 1. The fourth-order valence-electron chi connectivity index (χ4n) is 3.58. The Morgan fingerprint density at radius 1 is 1.03 bits per heavy atom. The summed E-state index contributed by atoms with van der Waals surface area (Å²) in [5, 5.41) is 2.18. The van der Waals surface area contributed by atoms with Crippen LogP contribution in [-0.4, -0.2) is 82.1 Å². The molecule has 0 spiro atoms. The van der Waals surface area contributed by atoms with Crippen LogP contribution < -0.4 is 5.32 Å². The summed E-state index contributed by atoms with van der Waals surface area (Å²) in [4.78, 5) is 43.6. The highest BCUT2D eigenvalue weighted by atomic mass is 32.2. The number of hydrogen-bond donors (Lipinski definition) is 1. The highest BCUT2D eigenvalue weighted by Gasteiger charge is 2.36. The van der Waals surface area contributed by atoms with Crippen molar-refractivity contribution in [3.8, 4) is 0 Å². The van der Waals surface area contributed by atoms with E-state index in [1.54, 1.807) is 54.6 Å². The van der Waals surface area contributed by atoms with E-state index in [9.17, 15) is 31.2 Å². The van der Waals surface area contributed by atoms with Crippen molar-refractivity contribution in [1.29, 1.82) is 0 Å². The number of amides is 3. The van der Waals surface area contributed by atoms with E-state index in [0.717, 1.165) is 13.4 Å². The highest BCUT2D eigenvalue weighted by Crippen LogP contribution is 2.18. The molecule has 0 radical (unpaired) electrons. The Morgan fingerprint density at radius 2 is 1.68 bits per heavy atom. The lowest BCUT2D eigenvalue weighted by Gasteiger charge is -2.25. The summed E-state index contributed by atoms with van der Waals surface area (Å²) in [5.74, 6) is -4.18. The van der Waals surface area contributed by atoms with Crippen LogP contribution in [0.1, 0.15) is 22.7 Å². The van der Waals surface area contributed by atoms with Crippen molar-refractivity contribution in [3.05, 3.63) is 66.1 Å². The molecule has 12 nitrogen and oxygen atoms in total. The van der Waals surface area contributed by atoms with Crippen LogP contribution in [0.25, 0.3) is 11.1 Å². The Labute approximate surface area is 219 Å². The lowest BCUT2D eigenvalue weighted by atomic mass is 10.2. The number of rotatable bonds is 11. The number of alkyl carbamates (subject to hydrolysis) is 1. The second kappa shape index (κ2) is 12.2. The van der Waals surface area contributed by atoms with E-state index in [1.807, 2.05) is 0 Å². The standard InChI is InChI=1S/C24H27N3O9S2/c1-35-24(30)26-19(16-38(33,34)15-17-9-4-3-5-10-17)22(28)27(13-8-14-37(2,31)32)23(29)21-25-18-11-6-7-12-20(18)36-21/h3-7,9-12,19H,8,13-16H2,1-2H3,(H,26,30). The molecule has 1 N–H and O–H groups in total. The van der Waals surface area contributed by atoms with Gasteiger partial charge in [0.2, 0.25) is 0 Å². The van der Waals surface area contributed by atoms with Crippen molar-refractivity contribution in [2.75, 3.05) is 31.4 Å². The fourth-order valence-corrected chi connectivity index (χ4v) is 5.79. The van der Waals surface area contributed by atoms with Crippen molar-refractivity contribution >= 4 is 48.7 Å². The van der Waals surface area contributed by atoms with Gasteiger partial charge in [0.05, 0.1) is 24.4 Å². The molecule has 3 amide bonds. The van der Waals surface area contributed by atoms with Crippen molar-refractivity contribution < 1.29 is 40.4 Å². The molecule has 0 aliphatic heterocycles. The van der Waals surface area contributed by atoms with Crippen LogP contribution in [0.5, 0.6) is 0 Å². The summed E-state index contributed by atoms with van der Waals surface area (Å²) in [6, 6.07) is 13.0.